The monoisotopic (exact) mass is 400 g/mol. The van der Waals surface area contributed by atoms with Crippen LogP contribution >= 0.6 is 0 Å². The Balaban J connectivity index is 1.54. The maximum absolute atomic E-state index is 14.3. The maximum atomic E-state index is 14.3. The van der Waals surface area contributed by atoms with Crippen LogP contribution in [0.2, 0.25) is 0 Å². The summed E-state index contributed by atoms with van der Waals surface area (Å²) in [6, 6.07) is 11.1. The van der Waals surface area contributed by atoms with E-state index in [1.54, 1.807) is 6.07 Å². The van der Waals surface area contributed by atoms with E-state index in [1.807, 2.05) is 12.1 Å². The summed E-state index contributed by atoms with van der Waals surface area (Å²) >= 11 is 0. The molecule has 0 heterocycles. The largest absolute Gasteiger partial charge is 0.494 e. The summed E-state index contributed by atoms with van der Waals surface area (Å²) in [6.07, 6.45) is 13.3. The minimum absolute atomic E-state index is 0.0648. The Morgan fingerprint density at radius 3 is 2.17 bits per heavy atom. The molecule has 158 valence electrons. The SMILES string of the molecule is CCCCCCCC1CCC(c2ccc(-c3ccc(OC)c(F)c3F)cc2)CC1. The first-order valence-electron chi connectivity index (χ1n) is 11.3. The van der Waals surface area contributed by atoms with E-state index in [-0.39, 0.29) is 11.3 Å². The summed E-state index contributed by atoms with van der Waals surface area (Å²) in [4.78, 5) is 0. The van der Waals surface area contributed by atoms with Crippen molar-refractivity contribution in [1.29, 1.82) is 0 Å². The molecule has 29 heavy (non-hydrogen) atoms. The van der Waals surface area contributed by atoms with E-state index < -0.39 is 11.6 Å². The molecule has 2 aromatic carbocycles. The molecular formula is C26H34F2O. The predicted molar refractivity (Wildman–Crippen MR) is 116 cm³/mol. The van der Waals surface area contributed by atoms with Crippen LogP contribution in [0.5, 0.6) is 5.75 Å². The topological polar surface area (TPSA) is 9.23 Å². The number of methoxy groups -OCH3 is 1. The molecule has 2 aromatic rings. The number of ether oxygens (including phenoxy) is 1. The van der Waals surface area contributed by atoms with Gasteiger partial charge in [0, 0.05) is 5.56 Å². The highest BCUT2D eigenvalue weighted by atomic mass is 19.2. The molecule has 0 spiro atoms. The number of halogens is 2. The zero-order valence-electron chi connectivity index (χ0n) is 17.9. The molecule has 0 unspecified atom stereocenters. The van der Waals surface area contributed by atoms with Crippen molar-refractivity contribution >= 4 is 0 Å². The maximum Gasteiger partial charge on any atom is 0.201 e. The lowest BCUT2D eigenvalue weighted by atomic mass is 9.77. The quantitative estimate of drug-likeness (QED) is 0.385. The van der Waals surface area contributed by atoms with Gasteiger partial charge in [-0.1, -0.05) is 69.7 Å². The highest BCUT2D eigenvalue weighted by Crippen LogP contribution is 2.38. The molecule has 1 aliphatic carbocycles. The van der Waals surface area contributed by atoms with Crippen molar-refractivity contribution in [2.45, 2.75) is 77.0 Å². The van der Waals surface area contributed by atoms with E-state index in [0.29, 0.717) is 11.5 Å². The van der Waals surface area contributed by atoms with Crippen molar-refractivity contribution < 1.29 is 13.5 Å². The third-order valence-electron chi connectivity index (χ3n) is 6.52. The number of hydrogen-bond acceptors (Lipinski definition) is 1. The highest BCUT2D eigenvalue weighted by Gasteiger charge is 2.22. The lowest BCUT2D eigenvalue weighted by molar-refractivity contribution is 0.302. The van der Waals surface area contributed by atoms with Crippen LogP contribution in [0.3, 0.4) is 0 Å². The molecule has 0 saturated heterocycles. The van der Waals surface area contributed by atoms with Gasteiger partial charge in [0.05, 0.1) is 7.11 Å². The van der Waals surface area contributed by atoms with Gasteiger partial charge in [0.15, 0.2) is 11.6 Å². The smallest absolute Gasteiger partial charge is 0.201 e. The number of benzene rings is 2. The molecule has 1 saturated carbocycles. The average Bonchev–Trinajstić information content (AvgIpc) is 2.76. The molecule has 0 N–H and O–H groups in total. The van der Waals surface area contributed by atoms with Crippen LogP contribution in [0.1, 0.15) is 82.6 Å². The second-order valence-electron chi connectivity index (χ2n) is 8.49. The van der Waals surface area contributed by atoms with Gasteiger partial charge in [-0.3, -0.25) is 0 Å². The summed E-state index contributed by atoms with van der Waals surface area (Å²) in [5.41, 5.74) is 2.31. The molecule has 3 rings (SSSR count). The van der Waals surface area contributed by atoms with Crippen LogP contribution in [-0.4, -0.2) is 7.11 Å². The van der Waals surface area contributed by atoms with Gasteiger partial charge in [-0.15, -0.1) is 0 Å². The van der Waals surface area contributed by atoms with Crippen molar-refractivity contribution in [2.75, 3.05) is 7.11 Å². The third-order valence-corrected chi connectivity index (χ3v) is 6.52. The molecule has 1 aliphatic rings. The van der Waals surface area contributed by atoms with Crippen LogP contribution < -0.4 is 4.74 Å². The number of hydrogen-bond donors (Lipinski definition) is 0. The van der Waals surface area contributed by atoms with Gasteiger partial charge in [-0.2, -0.15) is 4.39 Å². The van der Waals surface area contributed by atoms with Gasteiger partial charge in [-0.25, -0.2) is 4.39 Å². The fraction of sp³-hybridized carbons (Fsp3) is 0.538. The summed E-state index contributed by atoms with van der Waals surface area (Å²) in [5, 5.41) is 0. The van der Waals surface area contributed by atoms with E-state index in [0.717, 1.165) is 5.92 Å². The van der Waals surface area contributed by atoms with Crippen LogP contribution in [0.25, 0.3) is 11.1 Å². The zero-order valence-corrected chi connectivity index (χ0v) is 17.9. The van der Waals surface area contributed by atoms with E-state index in [9.17, 15) is 8.78 Å². The average molecular weight is 401 g/mol. The minimum Gasteiger partial charge on any atom is -0.494 e. The molecule has 0 amide bonds. The van der Waals surface area contributed by atoms with Crippen molar-refractivity contribution in [2.24, 2.45) is 5.92 Å². The standard InChI is InChI=1S/C26H34F2O/c1-3-4-5-6-7-8-19-9-11-20(12-10-19)21-13-15-22(16-14-21)23-17-18-24(29-2)26(28)25(23)27/h13-20H,3-12H2,1-2H3. The zero-order chi connectivity index (χ0) is 20.6. The van der Waals surface area contributed by atoms with E-state index in [1.165, 1.54) is 82.9 Å². The number of unbranched alkanes of at least 4 members (excludes halogenated alkanes) is 4. The Labute approximate surface area is 174 Å². The fourth-order valence-electron chi connectivity index (χ4n) is 4.67. The normalized spacial score (nSPS) is 19.3. The molecular weight excluding hydrogens is 366 g/mol. The predicted octanol–water partition coefficient (Wildman–Crippen LogP) is 8.27. The van der Waals surface area contributed by atoms with Gasteiger partial charge >= 0.3 is 0 Å². The first kappa shape index (κ1) is 21.8. The van der Waals surface area contributed by atoms with Crippen molar-refractivity contribution in [3.8, 4) is 16.9 Å². The van der Waals surface area contributed by atoms with Gasteiger partial charge in [0.1, 0.15) is 0 Å². The molecule has 0 radical (unpaired) electrons. The second-order valence-corrected chi connectivity index (χ2v) is 8.49. The van der Waals surface area contributed by atoms with E-state index in [2.05, 4.69) is 19.1 Å². The molecule has 0 aliphatic heterocycles. The lowest BCUT2D eigenvalue weighted by Gasteiger charge is -2.29. The minimum atomic E-state index is -0.929. The highest BCUT2D eigenvalue weighted by molar-refractivity contribution is 5.65. The molecule has 1 nitrogen and oxygen atoms in total. The molecule has 0 bridgehead atoms. The van der Waals surface area contributed by atoms with Crippen molar-refractivity contribution in [1.82, 2.24) is 0 Å². The molecule has 3 heteroatoms. The Kier molecular flexibility index (Phi) is 8.09. The van der Waals surface area contributed by atoms with Crippen LogP contribution in [-0.2, 0) is 0 Å². The third kappa shape index (κ3) is 5.58. The van der Waals surface area contributed by atoms with Crippen molar-refractivity contribution in [3.05, 3.63) is 53.6 Å². The Bertz CT molecular complexity index is 761. The Morgan fingerprint density at radius 2 is 1.52 bits per heavy atom. The van der Waals surface area contributed by atoms with Gasteiger partial charge < -0.3 is 4.74 Å². The van der Waals surface area contributed by atoms with E-state index in [4.69, 9.17) is 4.74 Å². The van der Waals surface area contributed by atoms with Gasteiger partial charge in [0.2, 0.25) is 5.82 Å². The molecule has 1 fully saturated rings. The Morgan fingerprint density at radius 1 is 0.828 bits per heavy atom. The molecule has 0 aromatic heterocycles. The van der Waals surface area contributed by atoms with Crippen LogP contribution in [0.15, 0.2) is 36.4 Å². The van der Waals surface area contributed by atoms with Gasteiger partial charge in [0.25, 0.3) is 0 Å². The first-order chi connectivity index (χ1) is 14.1. The summed E-state index contributed by atoms with van der Waals surface area (Å²) < 4.78 is 33.2. The van der Waals surface area contributed by atoms with Gasteiger partial charge in [-0.05, 0) is 60.8 Å². The molecule has 0 atom stereocenters. The lowest BCUT2D eigenvalue weighted by Crippen LogP contribution is -2.13. The van der Waals surface area contributed by atoms with E-state index >= 15 is 0 Å². The summed E-state index contributed by atoms with van der Waals surface area (Å²) in [5.74, 6) is -0.356. The summed E-state index contributed by atoms with van der Waals surface area (Å²) in [7, 11) is 1.34. The fourth-order valence-corrected chi connectivity index (χ4v) is 4.67. The Hall–Kier alpha value is -1.90. The number of rotatable bonds is 9. The first-order valence-corrected chi connectivity index (χ1v) is 11.3. The second kappa shape index (κ2) is 10.8. The summed E-state index contributed by atoms with van der Waals surface area (Å²) in [6.45, 7) is 2.26. The van der Waals surface area contributed by atoms with Crippen molar-refractivity contribution in [3.63, 3.8) is 0 Å². The van der Waals surface area contributed by atoms with Crippen LogP contribution in [0.4, 0.5) is 8.78 Å². The van der Waals surface area contributed by atoms with Crippen LogP contribution in [0, 0.1) is 17.6 Å².